The van der Waals surface area contributed by atoms with Gasteiger partial charge in [0.1, 0.15) is 0 Å². The van der Waals surface area contributed by atoms with Crippen molar-refractivity contribution in [3.63, 3.8) is 0 Å². The number of thiol groups is 1. The standard InChI is InChI=1S/C13H8Cl2OS/c14-11-9(6-7-10(17)12(11)15)13(16)8-4-2-1-3-5-8/h1-7,17H. The average molecular weight is 283 g/mol. The zero-order valence-electron chi connectivity index (χ0n) is 8.65. The molecule has 86 valence electrons. The van der Waals surface area contributed by atoms with E-state index in [1.54, 1.807) is 36.4 Å². The summed E-state index contributed by atoms with van der Waals surface area (Å²) in [4.78, 5) is 12.7. The summed E-state index contributed by atoms with van der Waals surface area (Å²) in [5.41, 5.74) is 0.970. The molecule has 0 bridgehead atoms. The fourth-order valence-corrected chi connectivity index (χ4v) is 2.13. The minimum Gasteiger partial charge on any atom is -0.289 e. The second kappa shape index (κ2) is 5.13. The molecule has 0 N–H and O–H groups in total. The highest BCUT2D eigenvalue weighted by Gasteiger charge is 2.15. The van der Waals surface area contributed by atoms with Crippen LogP contribution in [0.2, 0.25) is 10.0 Å². The predicted molar refractivity (Wildman–Crippen MR) is 73.6 cm³/mol. The second-order valence-corrected chi connectivity index (χ2v) is 4.69. The number of benzene rings is 2. The monoisotopic (exact) mass is 282 g/mol. The van der Waals surface area contributed by atoms with Crippen LogP contribution in [-0.4, -0.2) is 5.78 Å². The molecule has 0 aliphatic rings. The zero-order valence-corrected chi connectivity index (χ0v) is 11.1. The van der Waals surface area contributed by atoms with Crippen molar-refractivity contribution in [3.8, 4) is 0 Å². The van der Waals surface area contributed by atoms with Crippen molar-refractivity contribution in [2.24, 2.45) is 0 Å². The summed E-state index contributed by atoms with van der Waals surface area (Å²) < 4.78 is 0. The van der Waals surface area contributed by atoms with Crippen molar-refractivity contribution in [2.45, 2.75) is 4.90 Å². The predicted octanol–water partition coefficient (Wildman–Crippen LogP) is 4.51. The average Bonchev–Trinajstić information content (AvgIpc) is 2.36. The lowest BCUT2D eigenvalue weighted by Gasteiger charge is -2.06. The fraction of sp³-hybridized carbons (Fsp3) is 0. The largest absolute Gasteiger partial charge is 0.289 e. The summed E-state index contributed by atoms with van der Waals surface area (Å²) in [6, 6.07) is 12.2. The van der Waals surface area contributed by atoms with Gasteiger partial charge in [0.2, 0.25) is 0 Å². The van der Waals surface area contributed by atoms with Crippen LogP contribution in [0.15, 0.2) is 47.4 Å². The van der Waals surface area contributed by atoms with E-state index in [1.807, 2.05) is 6.07 Å². The first-order chi connectivity index (χ1) is 8.11. The van der Waals surface area contributed by atoms with E-state index in [-0.39, 0.29) is 10.8 Å². The molecular formula is C13H8Cl2OS. The van der Waals surface area contributed by atoms with Crippen LogP contribution >= 0.6 is 35.8 Å². The number of hydrogen-bond donors (Lipinski definition) is 1. The van der Waals surface area contributed by atoms with Crippen molar-refractivity contribution in [1.82, 2.24) is 0 Å². The Morgan fingerprint density at radius 1 is 0.941 bits per heavy atom. The molecule has 0 heterocycles. The third-order valence-corrected chi connectivity index (χ3v) is 3.73. The smallest absolute Gasteiger partial charge is 0.194 e. The van der Waals surface area contributed by atoms with Gasteiger partial charge < -0.3 is 0 Å². The normalized spacial score (nSPS) is 10.3. The van der Waals surface area contributed by atoms with Crippen LogP contribution in [0.25, 0.3) is 0 Å². The van der Waals surface area contributed by atoms with Gasteiger partial charge in [-0.1, -0.05) is 53.5 Å². The van der Waals surface area contributed by atoms with E-state index in [9.17, 15) is 4.79 Å². The van der Waals surface area contributed by atoms with E-state index in [4.69, 9.17) is 23.2 Å². The van der Waals surface area contributed by atoms with Crippen molar-refractivity contribution in [3.05, 3.63) is 63.6 Å². The molecule has 0 unspecified atom stereocenters. The molecule has 0 atom stereocenters. The van der Waals surface area contributed by atoms with E-state index in [0.29, 0.717) is 21.0 Å². The highest BCUT2D eigenvalue weighted by Crippen LogP contribution is 2.32. The van der Waals surface area contributed by atoms with Gasteiger partial charge in [-0.3, -0.25) is 4.79 Å². The van der Waals surface area contributed by atoms with Crippen LogP contribution in [0.3, 0.4) is 0 Å². The fourth-order valence-electron chi connectivity index (χ4n) is 1.46. The van der Waals surface area contributed by atoms with Crippen LogP contribution < -0.4 is 0 Å². The molecule has 0 aliphatic carbocycles. The molecule has 2 aromatic carbocycles. The summed E-state index contributed by atoms with van der Waals surface area (Å²) >= 11 is 16.1. The van der Waals surface area contributed by atoms with Crippen LogP contribution in [0.4, 0.5) is 0 Å². The highest BCUT2D eigenvalue weighted by molar-refractivity contribution is 7.80. The maximum absolute atomic E-state index is 12.2. The Bertz CT molecular complexity index is 567. The van der Waals surface area contributed by atoms with Gasteiger partial charge in [-0.25, -0.2) is 0 Å². The van der Waals surface area contributed by atoms with Crippen LogP contribution in [0.5, 0.6) is 0 Å². The molecule has 4 heteroatoms. The zero-order chi connectivity index (χ0) is 12.4. The molecule has 0 saturated carbocycles. The van der Waals surface area contributed by atoms with Gasteiger partial charge in [0.05, 0.1) is 10.0 Å². The van der Waals surface area contributed by atoms with Gasteiger partial charge in [-0.2, -0.15) is 0 Å². The summed E-state index contributed by atoms with van der Waals surface area (Å²) in [5.74, 6) is -0.147. The van der Waals surface area contributed by atoms with Gasteiger partial charge in [0, 0.05) is 16.0 Å². The van der Waals surface area contributed by atoms with Crippen molar-refractivity contribution < 1.29 is 4.79 Å². The van der Waals surface area contributed by atoms with Crippen molar-refractivity contribution in [2.75, 3.05) is 0 Å². The molecular weight excluding hydrogens is 275 g/mol. The van der Waals surface area contributed by atoms with Gasteiger partial charge in [0.15, 0.2) is 5.78 Å². The molecule has 0 amide bonds. The number of ketones is 1. The number of carbonyl (C=O) groups is 1. The van der Waals surface area contributed by atoms with Crippen LogP contribution in [0.1, 0.15) is 15.9 Å². The van der Waals surface area contributed by atoms with Crippen LogP contribution in [-0.2, 0) is 0 Å². The van der Waals surface area contributed by atoms with E-state index in [0.717, 1.165) is 0 Å². The topological polar surface area (TPSA) is 17.1 Å². The van der Waals surface area contributed by atoms with E-state index in [2.05, 4.69) is 12.6 Å². The SMILES string of the molecule is O=C(c1ccccc1)c1ccc(S)c(Cl)c1Cl. The van der Waals surface area contributed by atoms with Crippen molar-refractivity contribution >= 4 is 41.6 Å². The maximum Gasteiger partial charge on any atom is 0.194 e. The molecule has 1 nitrogen and oxygen atoms in total. The summed E-state index contributed by atoms with van der Waals surface area (Å²) in [7, 11) is 0. The Hall–Kier alpha value is -0.960. The Labute approximate surface area is 115 Å². The first-order valence-electron chi connectivity index (χ1n) is 4.88. The molecule has 0 radical (unpaired) electrons. The first-order valence-corrected chi connectivity index (χ1v) is 6.08. The number of carbonyl (C=O) groups excluding carboxylic acids is 1. The molecule has 17 heavy (non-hydrogen) atoms. The third-order valence-electron chi connectivity index (χ3n) is 2.34. The van der Waals surface area contributed by atoms with Gasteiger partial charge >= 0.3 is 0 Å². The third kappa shape index (κ3) is 2.49. The molecule has 2 rings (SSSR count). The molecule has 0 fully saturated rings. The molecule has 0 spiro atoms. The van der Waals surface area contributed by atoms with Crippen LogP contribution in [0, 0.1) is 0 Å². The summed E-state index contributed by atoms with van der Waals surface area (Å²) in [5, 5.41) is 0.546. The molecule has 0 aromatic heterocycles. The van der Waals surface area contributed by atoms with E-state index >= 15 is 0 Å². The molecule has 2 aromatic rings. The molecule has 0 saturated heterocycles. The van der Waals surface area contributed by atoms with Crippen molar-refractivity contribution in [1.29, 1.82) is 0 Å². The minimum absolute atomic E-state index is 0.147. The van der Waals surface area contributed by atoms with Gasteiger partial charge in [-0.15, -0.1) is 12.6 Å². The quantitative estimate of drug-likeness (QED) is 0.633. The summed E-state index contributed by atoms with van der Waals surface area (Å²) in [6.07, 6.45) is 0. The Morgan fingerprint density at radius 2 is 1.59 bits per heavy atom. The Kier molecular flexibility index (Phi) is 3.77. The Balaban J connectivity index is 2.49. The lowest BCUT2D eigenvalue weighted by molar-refractivity contribution is 0.103. The summed E-state index contributed by atoms with van der Waals surface area (Å²) in [6.45, 7) is 0. The second-order valence-electron chi connectivity index (χ2n) is 3.46. The van der Waals surface area contributed by atoms with Gasteiger partial charge in [-0.05, 0) is 12.1 Å². The number of hydrogen-bond acceptors (Lipinski definition) is 2. The minimum atomic E-state index is -0.147. The lowest BCUT2D eigenvalue weighted by atomic mass is 10.0. The Morgan fingerprint density at radius 3 is 2.24 bits per heavy atom. The van der Waals surface area contributed by atoms with E-state index in [1.165, 1.54) is 0 Å². The molecule has 0 aliphatic heterocycles. The maximum atomic E-state index is 12.2. The van der Waals surface area contributed by atoms with Gasteiger partial charge in [0.25, 0.3) is 0 Å². The number of rotatable bonds is 2. The highest BCUT2D eigenvalue weighted by atomic mass is 35.5. The number of halogens is 2. The van der Waals surface area contributed by atoms with E-state index < -0.39 is 0 Å². The first kappa shape index (κ1) is 12.5. The lowest BCUT2D eigenvalue weighted by Crippen LogP contribution is -2.02.